The zero-order valence-corrected chi connectivity index (χ0v) is 9.62. The molecule has 0 saturated heterocycles. The predicted octanol–water partition coefficient (Wildman–Crippen LogP) is 2.38. The van der Waals surface area contributed by atoms with Crippen molar-refractivity contribution in [3.63, 3.8) is 0 Å². The van der Waals surface area contributed by atoms with E-state index in [1.807, 2.05) is 39.0 Å². The summed E-state index contributed by atoms with van der Waals surface area (Å²) in [6.07, 6.45) is 0.0474. The summed E-state index contributed by atoms with van der Waals surface area (Å²) < 4.78 is 10.9. The van der Waals surface area contributed by atoms with Crippen molar-refractivity contribution in [1.29, 1.82) is 0 Å². The fraction of sp³-hybridized carbons (Fsp3) is 0.500. The molecule has 0 radical (unpaired) electrons. The lowest BCUT2D eigenvalue weighted by Crippen LogP contribution is -2.19. The van der Waals surface area contributed by atoms with Crippen LogP contribution in [0.3, 0.4) is 0 Å². The lowest BCUT2D eigenvalue weighted by atomic mass is 10.2. The van der Waals surface area contributed by atoms with E-state index in [9.17, 15) is 0 Å². The van der Waals surface area contributed by atoms with E-state index in [2.05, 4.69) is 0 Å². The third kappa shape index (κ3) is 4.21. The minimum absolute atomic E-state index is 0.0474. The Morgan fingerprint density at radius 1 is 1.33 bits per heavy atom. The molecule has 3 heteroatoms. The molecule has 0 amide bonds. The van der Waals surface area contributed by atoms with Gasteiger partial charge in [-0.25, -0.2) is 0 Å². The van der Waals surface area contributed by atoms with Gasteiger partial charge in [0.25, 0.3) is 0 Å². The number of benzene rings is 1. The van der Waals surface area contributed by atoms with Gasteiger partial charge >= 0.3 is 0 Å². The summed E-state index contributed by atoms with van der Waals surface area (Å²) in [7, 11) is 0. The molecule has 84 valence electrons. The summed E-state index contributed by atoms with van der Waals surface area (Å²) in [5.74, 6) is 0.805. The van der Waals surface area contributed by atoms with Gasteiger partial charge in [-0.2, -0.15) is 0 Å². The molecule has 1 rings (SSSR count). The van der Waals surface area contributed by atoms with Gasteiger partial charge in [-0.1, -0.05) is 0 Å². The summed E-state index contributed by atoms with van der Waals surface area (Å²) in [5.41, 5.74) is 7.56. The molecule has 0 saturated carbocycles. The van der Waals surface area contributed by atoms with Gasteiger partial charge in [0.1, 0.15) is 11.9 Å². The average molecular weight is 209 g/mol. The molecule has 15 heavy (non-hydrogen) atoms. The van der Waals surface area contributed by atoms with E-state index in [-0.39, 0.29) is 6.10 Å². The molecule has 0 aliphatic heterocycles. The van der Waals surface area contributed by atoms with Gasteiger partial charge in [-0.3, -0.25) is 0 Å². The number of rotatable bonds is 5. The molecule has 0 fully saturated rings. The molecule has 0 aromatic heterocycles. The van der Waals surface area contributed by atoms with Crippen LogP contribution < -0.4 is 10.5 Å². The molecule has 0 aliphatic carbocycles. The van der Waals surface area contributed by atoms with Crippen molar-refractivity contribution < 1.29 is 9.47 Å². The summed E-state index contributed by atoms with van der Waals surface area (Å²) in [6, 6.07) is 5.72. The highest BCUT2D eigenvalue weighted by molar-refractivity contribution is 5.47. The van der Waals surface area contributed by atoms with Crippen molar-refractivity contribution in [3.05, 3.63) is 23.8 Å². The van der Waals surface area contributed by atoms with Gasteiger partial charge in [0.05, 0.1) is 6.61 Å². The van der Waals surface area contributed by atoms with Crippen LogP contribution in [0, 0.1) is 6.92 Å². The van der Waals surface area contributed by atoms with E-state index >= 15 is 0 Å². The maximum absolute atomic E-state index is 5.72. The van der Waals surface area contributed by atoms with Crippen molar-refractivity contribution in [3.8, 4) is 5.75 Å². The molecule has 1 aromatic carbocycles. The highest BCUT2D eigenvalue weighted by Crippen LogP contribution is 2.19. The Morgan fingerprint density at radius 3 is 2.67 bits per heavy atom. The number of nitrogen functional groups attached to an aromatic ring is 1. The number of anilines is 1. The third-order valence-electron chi connectivity index (χ3n) is 1.97. The van der Waals surface area contributed by atoms with Crippen LogP contribution in [-0.4, -0.2) is 19.3 Å². The SMILES string of the molecule is CCOCC(C)Oc1cc(C)cc(N)c1. The van der Waals surface area contributed by atoms with Crippen LogP contribution in [0.4, 0.5) is 5.69 Å². The van der Waals surface area contributed by atoms with E-state index in [0.29, 0.717) is 13.2 Å². The van der Waals surface area contributed by atoms with Gasteiger partial charge in [0, 0.05) is 18.4 Å². The Labute approximate surface area is 91.2 Å². The maximum atomic E-state index is 5.72. The van der Waals surface area contributed by atoms with Gasteiger partial charge in [-0.05, 0) is 38.5 Å². The van der Waals surface area contributed by atoms with E-state index in [1.165, 1.54) is 0 Å². The molecule has 3 nitrogen and oxygen atoms in total. The average Bonchev–Trinajstić information content (AvgIpc) is 2.13. The quantitative estimate of drug-likeness (QED) is 0.757. The first kappa shape index (κ1) is 11.9. The second-order valence-electron chi connectivity index (χ2n) is 3.67. The summed E-state index contributed by atoms with van der Waals surface area (Å²) in [5, 5.41) is 0. The fourth-order valence-corrected chi connectivity index (χ4v) is 1.39. The Morgan fingerprint density at radius 2 is 2.07 bits per heavy atom. The second kappa shape index (κ2) is 5.61. The number of nitrogens with two attached hydrogens (primary N) is 1. The largest absolute Gasteiger partial charge is 0.488 e. The van der Waals surface area contributed by atoms with E-state index in [0.717, 1.165) is 17.0 Å². The van der Waals surface area contributed by atoms with Crippen LogP contribution in [0.15, 0.2) is 18.2 Å². The minimum Gasteiger partial charge on any atom is -0.488 e. The molecule has 0 heterocycles. The first-order chi connectivity index (χ1) is 7.11. The van der Waals surface area contributed by atoms with E-state index in [4.69, 9.17) is 15.2 Å². The third-order valence-corrected chi connectivity index (χ3v) is 1.97. The van der Waals surface area contributed by atoms with Crippen molar-refractivity contribution in [2.45, 2.75) is 26.9 Å². The van der Waals surface area contributed by atoms with Crippen LogP contribution >= 0.6 is 0 Å². The number of hydrogen-bond acceptors (Lipinski definition) is 3. The lowest BCUT2D eigenvalue weighted by Gasteiger charge is -2.15. The zero-order chi connectivity index (χ0) is 11.3. The monoisotopic (exact) mass is 209 g/mol. The van der Waals surface area contributed by atoms with Gasteiger partial charge in [0.2, 0.25) is 0 Å². The lowest BCUT2D eigenvalue weighted by molar-refractivity contribution is 0.0657. The van der Waals surface area contributed by atoms with Crippen LogP contribution in [0.25, 0.3) is 0 Å². The summed E-state index contributed by atoms with van der Waals surface area (Å²) in [6.45, 7) is 7.26. The van der Waals surface area contributed by atoms with Crippen molar-refractivity contribution in [2.24, 2.45) is 0 Å². The zero-order valence-electron chi connectivity index (χ0n) is 9.62. The standard InChI is InChI=1S/C12H19NO2/c1-4-14-8-10(3)15-12-6-9(2)5-11(13)7-12/h5-7,10H,4,8,13H2,1-3H3. The molecular weight excluding hydrogens is 190 g/mol. The van der Waals surface area contributed by atoms with Crippen molar-refractivity contribution in [2.75, 3.05) is 18.9 Å². The number of hydrogen-bond donors (Lipinski definition) is 1. The van der Waals surface area contributed by atoms with Gasteiger partial charge < -0.3 is 15.2 Å². The molecule has 0 aliphatic rings. The van der Waals surface area contributed by atoms with Crippen molar-refractivity contribution >= 4 is 5.69 Å². The molecular formula is C12H19NO2. The predicted molar refractivity (Wildman–Crippen MR) is 62.2 cm³/mol. The number of ether oxygens (including phenoxy) is 2. The van der Waals surface area contributed by atoms with Gasteiger partial charge in [0.15, 0.2) is 0 Å². The highest BCUT2D eigenvalue weighted by atomic mass is 16.5. The Bertz CT molecular complexity index is 292. The first-order valence-corrected chi connectivity index (χ1v) is 5.23. The van der Waals surface area contributed by atoms with Crippen LogP contribution in [-0.2, 0) is 4.74 Å². The van der Waals surface area contributed by atoms with Gasteiger partial charge in [-0.15, -0.1) is 0 Å². The van der Waals surface area contributed by atoms with Crippen LogP contribution in [0.2, 0.25) is 0 Å². The Kier molecular flexibility index (Phi) is 4.43. The van der Waals surface area contributed by atoms with E-state index < -0.39 is 0 Å². The molecule has 1 aromatic rings. The summed E-state index contributed by atoms with van der Waals surface area (Å²) >= 11 is 0. The molecule has 0 bridgehead atoms. The van der Waals surface area contributed by atoms with Crippen molar-refractivity contribution in [1.82, 2.24) is 0 Å². The molecule has 1 unspecified atom stereocenters. The first-order valence-electron chi connectivity index (χ1n) is 5.23. The normalized spacial score (nSPS) is 12.5. The summed E-state index contributed by atoms with van der Waals surface area (Å²) in [4.78, 5) is 0. The topological polar surface area (TPSA) is 44.5 Å². The smallest absolute Gasteiger partial charge is 0.122 e. The molecule has 1 atom stereocenters. The Balaban J connectivity index is 2.56. The van der Waals surface area contributed by atoms with E-state index in [1.54, 1.807) is 0 Å². The molecule has 2 N–H and O–H groups in total. The maximum Gasteiger partial charge on any atom is 0.122 e. The van der Waals surface area contributed by atoms with Crippen LogP contribution in [0.5, 0.6) is 5.75 Å². The Hall–Kier alpha value is -1.22. The number of aryl methyl sites for hydroxylation is 1. The highest BCUT2D eigenvalue weighted by Gasteiger charge is 2.04. The minimum atomic E-state index is 0.0474. The molecule has 0 spiro atoms. The second-order valence-corrected chi connectivity index (χ2v) is 3.67. The fourth-order valence-electron chi connectivity index (χ4n) is 1.39. The van der Waals surface area contributed by atoms with Crippen LogP contribution in [0.1, 0.15) is 19.4 Å².